The molecule has 1 aromatic carbocycles. The van der Waals surface area contributed by atoms with Crippen LogP contribution in [0.25, 0.3) is 0 Å². The summed E-state index contributed by atoms with van der Waals surface area (Å²) in [7, 11) is 0. The minimum atomic E-state index is 0. The molecule has 2 aliphatic rings. The number of rotatable bonds is 8. The van der Waals surface area contributed by atoms with Gasteiger partial charge in [0.1, 0.15) is 0 Å². The third-order valence-corrected chi connectivity index (χ3v) is 6.70. The highest BCUT2D eigenvalue weighted by Crippen LogP contribution is 2.22. The molecule has 0 bridgehead atoms. The van der Waals surface area contributed by atoms with Crippen molar-refractivity contribution in [3.05, 3.63) is 47.0 Å². The van der Waals surface area contributed by atoms with Crippen LogP contribution in [0.4, 0.5) is 0 Å². The lowest BCUT2D eigenvalue weighted by Crippen LogP contribution is -2.49. The maximum atomic E-state index is 6.33. The fraction of sp³-hybridized carbons (Fsp3) is 0.640. The van der Waals surface area contributed by atoms with E-state index in [1.165, 1.54) is 24.0 Å². The van der Waals surface area contributed by atoms with Gasteiger partial charge in [0.15, 0.2) is 5.96 Å². The molecule has 0 atom stereocenters. The van der Waals surface area contributed by atoms with Crippen LogP contribution in [0.15, 0.2) is 41.4 Å². The van der Waals surface area contributed by atoms with E-state index in [4.69, 9.17) is 16.6 Å². The molecule has 2 fully saturated rings. The summed E-state index contributed by atoms with van der Waals surface area (Å²) in [6.45, 7) is 16.6. The molecule has 7 heteroatoms. The third kappa shape index (κ3) is 9.20. The molecule has 0 unspecified atom stereocenters. The predicted molar refractivity (Wildman–Crippen MR) is 148 cm³/mol. The van der Waals surface area contributed by atoms with Crippen molar-refractivity contribution in [1.82, 2.24) is 20.4 Å². The van der Waals surface area contributed by atoms with Crippen molar-refractivity contribution >= 4 is 41.5 Å². The van der Waals surface area contributed by atoms with Crippen molar-refractivity contribution in [2.24, 2.45) is 10.9 Å². The molecule has 5 nitrogen and oxygen atoms in total. The monoisotopic (exact) mass is 573 g/mol. The van der Waals surface area contributed by atoms with Gasteiger partial charge in [-0.05, 0) is 70.2 Å². The second-order valence-electron chi connectivity index (χ2n) is 9.18. The molecule has 1 aromatic rings. The van der Waals surface area contributed by atoms with Gasteiger partial charge >= 0.3 is 0 Å². The minimum absolute atomic E-state index is 0. The number of likely N-dealkylation sites (tertiary alicyclic amines) is 2. The normalized spacial score (nSPS) is 19.4. The van der Waals surface area contributed by atoms with Crippen LogP contribution in [0, 0.1) is 5.92 Å². The quantitative estimate of drug-likeness (QED) is 0.204. The molecule has 0 amide bonds. The molecule has 2 N–H and O–H groups in total. The topological polar surface area (TPSA) is 42.9 Å². The fourth-order valence-corrected chi connectivity index (χ4v) is 4.74. The zero-order chi connectivity index (χ0) is 22.1. The number of aliphatic imine (C=N–C) groups is 1. The average molecular weight is 574 g/mol. The van der Waals surface area contributed by atoms with Crippen LogP contribution in [-0.2, 0) is 6.54 Å². The molecular formula is C25H41ClIN5. The van der Waals surface area contributed by atoms with Gasteiger partial charge in [-0.2, -0.15) is 0 Å². The van der Waals surface area contributed by atoms with Gasteiger partial charge in [-0.1, -0.05) is 42.0 Å². The van der Waals surface area contributed by atoms with E-state index in [0.29, 0.717) is 12.0 Å². The summed E-state index contributed by atoms with van der Waals surface area (Å²) in [5.74, 6) is 1.65. The number of nitrogens with zero attached hydrogens (tertiary/aromatic N) is 3. The minimum Gasteiger partial charge on any atom is -0.357 e. The Morgan fingerprint density at radius 3 is 2.38 bits per heavy atom. The molecule has 180 valence electrons. The Morgan fingerprint density at radius 1 is 1.09 bits per heavy atom. The van der Waals surface area contributed by atoms with Gasteiger partial charge in [-0.15, -0.1) is 24.0 Å². The van der Waals surface area contributed by atoms with Crippen LogP contribution in [0.1, 0.15) is 45.1 Å². The van der Waals surface area contributed by atoms with Crippen molar-refractivity contribution in [3.8, 4) is 0 Å². The zero-order valence-corrected chi connectivity index (χ0v) is 22.9. The Balaban J connectivity index is 0.00000363. The van der Waals surface area contributed by atoms with Gasteiger partial charge in [0, 0.05) is 50.3 Å². The fourth-order valence-electron chi connectivity index (χ4n) is 4.55. The number of hydrogen-bond acceptors (Lipinski definition) is 3. The van der Waals surface area contributed by atoms with Gasteiger partial charge in [0.05, 0.1) is 0 Å². The second-order valence-corrected chi connectivity index (χ2v) is 9.59. The first-order chi connectivity index (χ1) is 15.0. The highest BCUT2D eigenvalue weighted by atomic mass is 127. The number of guanidine groups is 1. The maximum absolute atomic E-state index is 6.33. The Hall–Kier alpha value is -0.830. The number of hydrogen-bond donors (Lipinski definition) is 2. The van der Waals surface area contributed by atoms with Crippen LogP contribution in [0.2, 0.25) is 5.02 Å². The predicted octanol–water partition coefficient (Wildman–Crippen LogP) is 4.77. The summed E-state index contributed by atoms with van der Waals surface area (Å²) >= 11 is 6.33. The number of benzene rings is 1. The molecule has 32 heavy (non-hydrogen) atoms. The SMILES string of the molecule is C=C(C)CN1CCC(NC(=NCC2CCN(Cc3ccccc3Cl)CC2)NCC)CC1.I. The highest BCUT2D eigenvalue weighted by molar-refractivity contribution is 14.0. The van der Waals surface area contributed by atoms with Crippen molar-refractivity contribution in [1.29, 1.82) is 0 Å². The standard InChI is InChI=1S/C25H40ClN5.HI/c1-4-27-25(29-23-11-15-30(16-12-23)18-20(2)3)28-17-21-9-13-31(14-10-21)19-22-7-5-6-8-24(22)26;/h5-8,21,23H,2,4,9-19H2,1,3H3,(H2,27,28,29);1H. The van der Waals surface area contributed by atoms with Crippen molar-refractivity contribution in [2.75, 3.05) is 45.8 Å². The van der Waals surface area contributed by atoms with Gasteiger partial charge in [-0.25, -0.2) is 0 Å². The zero-order valence-electron chi connectivity index (χ0n) is 19.8. The van der Waals surface area contributed by atoms with E-state index in [2.05, 4.69) is 53.0 Å². The number of nitrogens with one attached hydrogen (secondary N) is 2. The Kier molecular flexibility index (Phi) is 12.4. The summed E-state index contributed by atoms with van der Waals surface area (Å²) in [4.78, 5) is 9.97. The smallest absolute Gasteiger partial charge is 0.191 e. The largest absolute Gasteiger partial charge is 0.357 e. The molecule has 0 aliphatic carbocycles. The maximum Gasteiger partial charge on any atom is 0.191 e. The third-order valence-electron chi connectivity index (χ3n) is 6.33. The molecule has 0 aromatic heterocycles. The van der Waals surface area contributed by atoms with Gasteiger partial charge in [0.2, 0.25) is 0 Å². The molecule has 2 saturated heterocycles. The van der Waals surface area contributed by atoms with Crippen LogP contribution in [0.5, 0.6) is 0 Å². The highest BCUT2D eigenvalue weighted by Gasteiger charge is 2.22. The van der Waals surface area contributed by atoms with Crippen molar-refractivity contribution in [3.63, 3.8) is 0 Å². The Labute approximate surface area is 217 Å². The molecule has 2 aliphatic heterocycles. The van der Waals surface area contributed by atoms with E-state index in [-0.39, 0.29) is 24.0 Å². The van der Waals surface area contributed by atoms with Crippen LogP contribution < -0.4 is 10.6 Å². The summed E-state index contributed by atoms with van der Waals surface area (Å²) in [5, 5.41) is 8.01. The lowest BCUT2D eigenvalue weighted by molar-refractivity contribution is 0.180. The summed E-state index contributed by atoms with van der Waals surface area (Å²) in [6, 6.07) is 8.70. The second kappa shape index (κ2) is 14.4. The van der Waals surface area contributed by atoms with E-state index in [1.807, 2.05) is 12.1 Å². The average Bonchev–Trinajstić information content (AvgIpc) is 2.76. The first-order valence-electron chi connectivity index (χ1n) is 11.9. The van der Waals surface area contributed by atoms with E-state index >= 15 is 0 Å². The summed E-state index contributed by atoms with van der Waals surface area (Å²) < 4.78 is 0. The molecule has 0 spiro atoms. The van der Waals surface area contributed by atoms with Crippen LogP contribution >= 0.6 is 35.6 Å². The first kappa shape index (κ1) is 27.4. The van der Waals surface area contributed by atoms with Gasteiger partial charge < -0.3 is 10.6 Å². The molecule has 0 saturated carbocycles. The Morgan fingerprint density at radius 2 is 1.75 bits per heavy atom. The summed E-state index contributed by atoms with van der Waals surface area (Å²) in [6.07, 6.45) is 4.73. The van der Waals surface area contributed by atoms with Gasteiger partial charge in [0.25, 0.3) is 0 Å². The van der Waals surface area contributed by atoms with E-state index < -0.39 is 0 Å². The number of piperidine rings is 2. The molecule has 0 radical (unpaired) electrons. The van der Waals surface area contributed by atoms with Gasteiger partial charge in [-0.3, -0.25) is 14.8 Å². The Bertz CT molecular complexity index is 725. The van der Waals surface area contributed by atoms with Crippen LogP contribution in [-0.4, -0.2) is 67.6 Å². The van der Waals surface area contributed by atoms with E-state index in [1.54, 1.807) is 0 Å². The number of halogens is 2. The first-order valence-corrected chi connectivity index (χ1v) is 12.3. The molecular weight excluding hydrogens is 533 g/mol. The lowest BCUT2D eigenvalue weighted by atomic mass is 9.96. The van der Waals surface area contributed by atoms with E-state index in [9.17, 15) is 0 Å². The molecule has 2 heterocycles. The van der Waals surface area contributed by atoms with Crippen molar-refractivity contribution < 1.29 is 0 Å². The summed E-state index contributed by atoms with van der Waals surface area (Å²) in [5.41, 5.74) is 2.48. The van der Waals surface area contributed by atoms with E-state index in [0.717, 1.165) is 76.2 Å². The van der Waals surface area contributed by atoms with Crippen LogP contribution in [0.3, 0.4) is 0 Å². The molecule has 3 rings (SSSR count). The lowest BCUT2D eigenvalue weighted by Gasteiger charge is -2.33. The van der Waals surface area contributed by atoms with Crippen molar-refractivity contribution in [2.45, 2.75) is 52.1 Å².